The minimum atomic E-state index is -0.410. The van der Waals surface area contributed by atoms with Gasteiger partial charge in [0.05, 0.1) is 0 Å². The monoisotopic (exact) mass is 269 g/mol. The van der Waals surface area contributed by atoms with Crippen molar-refractivity contribution in [3.8, 4) is 5.75 Å². The summed E-state index contributed by atoms with van der Waals surface area (Å²) in [4.78, 5) is 0. The Morgan fingerprint density at radius 2 is 2.28 bits per heavy atom. The maximum atomic E-state index is 13.4. The van der Waals surface area contributed by atoms with Crippen LogP contribution in [0.2, 0.25) is 5.02 Å². The summed E-state index contributed by atoms with van der Waals surface area (Å²) >= 11 is 5.93. The molecule has 2 nitrogen and oxygen atoms in total. The molecule has 1 saturated carbocycles. The number of halogens is 2. The van der Waals surface area contributed by atoms with E-state index in [9.17, 15) is 4.39 Å². The summed E-state index contributed by atoms with van der Waals surface area (Å²) < 4.78 is 19.3. The van der Waals surface area contributed by atoms with Gasteiger partial charge in [-0.3, -0.25) is 0 Å². The van der Waals surface area contributed by atoms with Crippen LogP contribution < -0.4 is 10.1 Å². The molecule has 1 aromatic rings. The third-order valence-electron chi connectivity index (χ3n) is 3.87. The molecule has 1 unspecified atom stereocenters. The predicted molar refractivity (Wildman–Crippen MR) is 69.6 cm³/mol. The van der Waals surface area contributed by atoms with E-state index in [4.69, 9.17) is 16.3 Å². The van der Waals surface area contributed by atoms with Crippen molar-refractivity contribution < 1.29 is 9.13 Å². The fourth-order valence-electron chi connectivity index (χ4n) is 2.70. The minimum absolute atomic E-state index is 0.0892. The normalized spacial score (nSPS) is 25.1. The van der Waals surface area contributed by atoms with Gasteiger partial charge in [0.2, 0.25) is 0 Å². The highest BCUT2D eigenvalue weighted by Gasteiger charge is 2.47. The highest BCUT2D eigenvalue weighted by atomic mass is 35.5. The summed E-state index contributed by atoms with van der Waals surface area (Å²) in [5.74, 6) is 0.757. The molecule has 1 aromatic carbocycles. The number of hydrogen-bond donors (Lipinski definition) is 1. The van der Waals surface area contributed by atoms with E-state index in [2.05, 4.69) is 5.32 Å². The number of benzene rings is 1. The topological polar surface area (TPSA) is 21.3 Å². The summed E-state index contributed by atoms with van der Waals surface area (Å²) in [7, 11) is 0. The molecule has 2 aliphatic rings. The van der Waals surface area contributed by atoms with Gasteiger partial charge in [0.25, 0.3) is 0 Å². The second kappa shape index (κ2) is 4.71. The highest BCUT2D eigenvalue weighted by Crippen LogP contribution is 2.47. The average Bonchev–Trinajstić information content (AvgIpc) is 2.89. The fraction of sp³-hybridized carbons (Fsp3) is 0.571. The van der Waals surface area contributed by atoms with Gasteiger partial charge in [0, 0.05) is 0 Å². The number of ether oxygens (including phenoxy) is 1. The Morgan fingerprint density at radius 1 is 1.44 bits per heavy atom. The van der Waals surface area contributed by atoms with Gasteiger partial charge in [-0.15, -0.1) is 0 Å². The Morgan fingerprint density at radius 3 is 2.94 bits per heavy atom. The van der Waals surface area contributed by atoms with E-state index in [1.807, 2.05) is 0 Å². The van der Waals surface area contributed by atoms with E-state index in [1.165, 1.54) is 12.5 Å². The predicted octanol–water partition coefficient (Wildman–Crippen LogP) is 3.39. The Bertz CT molecular complexity index is 441. The van der Waals surface area contributed by atoms with Crippen molar-refractivity contribution in [2.45, 2.75) is 31.3 Å². The quantitative estimate of drug-likeness (QED) is 0.905. The maximum absolute atomic E-state index is 13.4. The van der Waals surface area contributed by atoms with Gasteiger partial charge in [-0.25, -0.2) is 4.39 Å². The zero-order valence-corrected chi connectivity index (χ0v) is 11.0. The third-order valence-corrected chi connectivity index (χ3v) is 4.24. The van der Waals surface area contributed by atoms with Crippen LogP contribution >= 0.6 is 11.6 Å². The van der Waals surface area contributed by atoms with Crippen LogP contribution in [0.25, 0.3) is 0 Å². The minimum Gasteiger partial charge on any atom is -0.486 e. The van der Waals surface area contributed by atoms with Gasteiger partial charge in [0.15, 0.2) is 0 Å². The number of nitrogens with one attached hydrogen (secondary N) is 1. The van der Waals surface area contributed by atoms with Crippen LogP contribution in [0.4, 0.5) is 4.39 Å². The molecule has 1 heterocycles. The molecule has 3 rings (SSSR count). The zero-order valence-electron chi connectivity index (χ0n) is 10.2. The van der Waals surface area contributed by atoms with E-state index in [-0.39, 0.29) is 10.6 Å². The van der Waals surface area contributed by atoms with E-state index in [0.29, 0.717) is 11.7 Å². The molecule has 0 spiro atoms. The first-order valence-corrected chi connectivity index (χ1v) is 6.90. The van der Waals surface area contributed by atoms with Crippen molar-refractivity contribution in [1.82, 2.24) is 5.32 Å². The molecule has 0 amide bonds. The van der Waals surface area contributed by atoms with E-state index in [1.54, 1.807) is 12.1 Å². The molecular formula is C14H17ClFNO. The molecule has 4 heteroatoms. The van der Waals surface area contributed by atoms with E-state index in [0.717, 1.165) is 32.4 Å². The summed E-state index contributed by atoms with van der Waals surface area (Å²) in [6, 6.07) is 4.75. The molecule has 1 aliphatic carbocycles. The fourth-order valence-corrected chi connectivity index (χ4v) is 2.86. The molecule has 98 valence electrons. The molecule has 18 heavy (non-hydrogen) atoms. The van der Waals surface area contributed by atoms with Gasteiger partial charge in [-0.2, -0.15) is 0 Å². The van der Waals surface area contributed by atoms with Crippen molar-refractivity contribution in [1.29, 1.82) is 0 Å². The SMILES string of the molecule is Fc1cccc(OC2(CC3CCNC3)CC2)c1Cl. The second-order valence-electron chi connectivity index (χ2n) is 5.40. The number of hydrogen-bond acceptors (Lipinski definition) is 2. The largest absolute Gasteiger partial charge is 0.486 e. The van der Waals surface area contributed by atoms with Crippen molar-refractivity contribution >= 4 is 11.6 Å². The lowest BCUT2D eigenvalue weighted by Crippen LogP contribution is -2.23. The molecule has 1 N–H and O–H groups in total. The lowest BCUT2D eigenvalue weighted by Gasteiger charge is -2.22. The average molecular weight is 270 g/mol. The number of rotatable bonds is 4. The Balaban J connectivity index is 1.69. The summed E-state index contributed by atoms with van der Waals surface area (Å²) in [6.45, 7) is 2.17. The maximum Gasteiger partial charge on any atom is 0.145 e. The van der Waals surface area contributed by atoms with Gasteiger partial charge >= 0.3 is 0 Å². The Hall–Kier alpha value is -0.800. The summed E-state index contributed by atoms with van der Waals surface area (Å²) in [5, 5.41) is 3.47. The van der Waals surface area contributed by atoms with Crippen LogP contribution in [0.3, 0.4) is 0 Å². The van der Waals surface area contributed by atoms with Crippen molar-refractivity contribution in [2.75, 3.05) is 13.1 Å². The van der Waals surface area contributed by atoms with Crippen molar-refractivity contribution in [2.24, 2.45) is 5.92 Å². The molecule has 1 atom stereocenters. The summed E-state index contributed by atoms with van der Waals surface area (Å²) in [5.41, 5.74) is -0.0892. The van der Waals surface area contributed by atoms with Crippen LogP contribution in [0, 0.1) is 11.7 Å². The molecule has 1 aliphatic heterocycles. The van der Waals surface area contributed by atoms with Gasteiger partial charge < -0.3 is 10.1 Å². The van der Waals surface area contributed by atoms with Crippen LogP contribution in [-0.2, 0) is 0 Å². The lowest BCUT2D eigenvalue weighted by atomic mass is 9.99. The molecule has 2 fully saturated rings. The molecule has 0 aromatic heterocycles. The van der Waals surface area contributed by atoms with Crippen molar-refractivity contribution in [3.63, 3.8) is 0 Å². The van der Waals surface area contributed by atoms with Gasteiger partial charge in [-0.05, 0) is 56.8 Å². The second-order valence-corrected chi connectivity index (χ2v) is 5.78. The molecular weight excluding hydrogens is 253 g/mol. The van der Waals surface area contributed by atoms with Crippen LogP contribution in [-0.4, -0.2) is 18.7 Å². The molecule has 0 bridgehead atoms. The van der Waals surface area contributed by atoms with Crippen molar-refractivity contribution in [3.05, 3.63) is 29.0 Å². The Kier molecular flexibility index (Phi) is 3.20. The first kappa shape index (κ1) is 12.2. The van der Waals surface area contributed by atoms with E-state index < -0.39 is 5.82 Å². The lowest BCUT2D eigenvalue weighted by molar-refractivity contribution is 0.147. The van der Waals surface area contributed by atoms with E-state index >= 15 is 0 Å². The van der Waals surface area contributed by atoms with Crippen LogP contribution in [0.1, 0.15) is 25.7 Å². The first-order chi connectivity index (χ1) is 8.69. The highest BCUT2D eigenvalue weighted by molar-refractivity contribution is 6.32. The van der Waals surface area contributed by atoms with Crippen LogP contribution in [0.5, 0.6) is 5.75 Å². The zero-order chi connectivity index (χ0) is 12.6. The standard InChI is InChI=1S/C14H17ClFNO/c15-13-11(16)2-1-3-12(13)18-14(5-6-14)8-10-4-7-17-9-10/h1-3,10,17H,4-9H2. The Labute approximate surface area is 111 Å². The smallest absolute Gasteiger partial charge is 0.145 e. The summed E-state index contributed by atoms with van der Waals surface area (Å²) in [6.07, 6.45) is 4.36. The van der Waals surface area contributed by atoms with Gasteiger partial charge in [0.1, 0.15) is 22.2 Å². The van der Waals surface area contributed by atoms with Crippen LogP contribution in [0.15, 0.2) is 18.2 Å². The first-order valence-electron chi connectivity index (χ1n) is 6.52. The molecule has 0 radical (unpaired) electrons. The third kappa shape index (κ3) is 2.47. The molecule has 1 saturated heterocycles. The van der Waals surface area contributed by atoms with Gasteiger partial charge in [-0.1, -0.05) is 17.7 Å².